The van der Waals surface area contributed by atoms with Gasteiger partial charge in [0.25, 0.3) is 0 Å². The highest BCUT2D eigenvalue weighted by atomic mass is 16.5. The van der Waals surface area contributed by atoms with Crippen LogP contribution in [0.25, 0.3) is 0 Å². The molecule has 0 radical (unpaired) electrons. The van der Waals surface area contributed by atoms with Crippen LogP contribution in [0.1, 0.15) is 33.1 Å². The highest BCUT2D eigenvalue weighted by Gasteiger charge is 2.17. The average Bonchev–Trinajstić information content (AvgIpc) is 2.45. The van der Waals surface area contributed by atoms with Gasteiger partial charge < -0.3 is 20.1 Å². The van der Waals surface area contributed by atoms with Crippen molar-refractivity contribution in [1.82, 2.24) is 10.2 Å². The Morgan fingerprint density at radius 3 is 2.50 bits per heavy atom. The summed E-state index contributed by atoms with van der Waals surface area (Å²) in [5.41, 5.74) is 0. The zero-order valence-electron chi connectivity index (χ0n) is 12.4. The smallest absolute Gasteiger partial charge is 0.306 e. The van der Waals surface area contributed by atoms with Crippen LogP contribution >= 0.6 is 0 Å². The number of hydrogen-bond acceptors (Lipinski definition) is 4. The molecule has 0 spiro atoms. The van der Waals surface area contributed by atoms with Gasteiger partial charge in [0.1, 0.15) is 0 Å². The minimum Gasteiger partial charge on any atom is -0.481 e. The Hall–Kier alpha value is -1.14. The van der Waals surface area contributed by atoms with Crippen LogP contribution in [-0.4, -0.2) is 60.8 Å². The number of carboxylic acids is 1. The Bertz CT molecular complexity index is 316. The first-order valence-electron chi connectivity index (χ1n) is 7.32. The Balaban J connectivity index is 2.11. The average molecular weight is 286 g/mol. The summed E-state index contributed by atoms with van der Waals surface area (Å²) >= 11 is 0. The number of aliphatic carboxylic acids is 1. The van der Waals surface area contributed by atoms with Gasteiger partial charge in [-0.05, 0) is 19.8 Å². The number of carbonyl (C=O) groups excluding carboxylic acids is 1. The topological polar surface area (TPSA) is 78.9 Å². The van der Waals surface area contributed by atoms with Gasteiger partial charge in [-0.25, -0.2) is 0 Å². The van der Waals surface area contributed by atoms with Crippen molar-refractivity contribution in [3.05, 3.63) is 0 Å². The van der Waals surface area contributed by atoms with Crippen molar-refractivity contribution in [2.45, 2.75) is 39.2 Å². The molecule has 1 aliphatic heterocycles. The van der Waals surface area contributed by atoms with E-state index in [1.54, 1.807) is 6.92 Å². The molecule has 2 atom stereocenters. The summed E-state index contributed by atoms with van der Waals surface area (Å²) in [4.78, 5) is 24.4. The van der Waals surface area contributed by atoms with E-state index in [1.807, 2.05) is 11.8 Å². The highest BCUT2D eigenvalue weighted by molar-refractivity contribution is 5.78. The molecule has 0 bridgehead atoms. The van der Waals surface area contributed by atoms with E-state index in [-0.39, 0.29) is 17.9 Å². The molecule has 1 aliphatic rings. The van der Waals surface area contributed by atoms with E-state index < -0.39 is 5.97 Å². The van der Waals surface area contributed by atoms with Crippen LogP contribution in [-0.2, 0) is 14.3 Å². The van der Waals surface area contributed by atoms with Crippen LogP contribution in [0, 0.1) is 5.92 Å². The number of carboxylic acid groups (broad SMARTS) is 1. The standard InChI is InChI=1S/C14H26N2O4/c1-11(14(18)19)4-3-5-12(2)15-10-13(17)16-6-8-20-9-7-16/h11-12,15H,3-10H2,1-2H3,(H,18,19). The normalized spacial score (nSPS) is 18.6. The number of rotatable bonds is 8. The number of nitrogens with one attached hydrogen (secondary N) is 1. The van der Waals surface area contributed by atoms with Gasteiger partial charge in [-0.2, -0.15) is 0 Å². The molecule has 0 aliphatic carbocycles. The molecule has 0 saturated carbocycles. The number of carbonyl (C=O) groups is 2. The molecule has 2 unspecified atom stereocenters. The first-order chi connectivity index (χ1) is 9.50. The zero-order chi connectivity index (χ0) is 15.0. The lowest BCUT2D eigenvalue weighted by atomic mass is 10.0. The lowest BCUT2D eigenvalue weighted by Crippen LogP contribution is -2.46. The number of amides is 1. The summed E-state index contributed by atoms with van der Waals surface area (Å²) in [6, 6.07) is 0.223. The third kappa shape index (κ3) is 6.34. The molecule has 116 valence electrons. The fourth-order valence-corrected chi connectivity index (χ4v) is 2.14. The van der Waals surface area contributed by atoms with Gasteiger partial charge in [-0.3, -0.25) is 9.59 Å². The lowest BCUT2D eigenvalue weighted by molar-refractivity contribution is -0.141. The van der Waals surface area contributed by atoms with Gasteiger partial charge >= 0.3 is 5.97 Å². The summed E-state index contributed by atoms with van der Waals surface area (Å²) in [6.45, 7) is 6.68. The second-order valence-electron chi connectivity index (χ2n) is 5.45. The van der Waals surface area contributed by atoms with E-state index in [2.05, 4.69) is 5.32 Å². The molecule has 6 heteroatoms. The van der Waals surface area contributed by atoms with Gasteiger partial charge in [0, 0.05) is 19.1 Å². The maximum atomic E-state index is 11.9. The van der Waals surface area contributed by atoms with Crippen molar-refractivity contribution in [3.63, 3.8) is 0 Å². The van der Waals surface area contributed by atoms with Crippen molar-refractivity contribution < 1.29 is 19.4 Å². The first-order valence-corrected chi connectivity index (χ1v) is 7.32. The maximum Gasteiger partial charge on any atom is 0.306 e. The van der Waals surface area contributed by atoms with Crippen LogP contribution in [0.2, 0.25) is 0 Å². The molecule has 1 saturated heterocycles. The Morgan fingerprint density at radius 1 is 1.25 bits per heavy atom. The van der Waals surface area contributed by atoms with Crippen LogP contribution < -0.4 is 5.32 Å². The number of nitrogens with zero attached hydrogens (tertiary/aromatic N) is 1. The van der Waals surface area contributed by atoms with Crippen molar-refractivity contribution >= 4 is 11.9 Å². The van der Waals surface area contributed by atoms with Gasteiger partial charge in [0.05, 0.1) is 25.7 Å². The van der Waals surface area contributed by atoms with Crippen molar-refractivity contribution in [2.75, 3.05) is 32.8 Å². The van der Waals surface area contributed by atoms with E-state index in [4.69, 9.17) is 9.84 Å². The van der Waals surface area contributed by atoms with Crippen molar-refractivity contribution in [2.24, 2.45) is 5.92 Å². The van der Waals surface area contributed by atoms with Crippen LogP contribution in [0.3, 0.4) is 0 Å². The number of morpholine rings is 1. The Morgan fingerprint density at radius 2 is 1.90 bits per heavy atom. The molecular formula is C14H26N2O4. The highest BCUT2D eigenvalue weighted by Crippen LogP contribution is 2.09. The zero-order valence-corrected chi connectivity index (χ0v) is 12.4. The largest absolute Gasteiger partial charge is 0.481 e. The molecule has 20 heavy (non-hydrogen) atoms. The quantitative estimate of drug-likeness (QED) is 0.687. The first kappa shape index (κ1) is 16.9. The van der Waals surface area contributed by atoms with Crippen molar-refractivity contribution in [3.8, 4) is 0 Å². The molecule has 0 aromatic rings. The van der Waals surface area contributed by atoms with E-state index >= 15 is 0 Å². The van der Waals surface area contributed by atoms with Gasteiger partial charge in [-0.15, -0.1) is 0 Å². The third-order valence-corrected chi connectivity index (χ3v) is 3.66. The predicted molar refractivity (Wildman–Crippen MR) is 75.5 cm³/mol. The molecule has 1 heterocycles. The molecule has 1 amide bonds. The molecule has 6 nitrogen and oxygen atoms in total. The lowest BCUT2D eigenvalue weighted by Gasteiger charge is -2.27. The summed E-state index contributed by atoms with van der Waals surface area (Å²) in [5.74, 6) is -0.927. The van der Waals surface area contributed by atoms with Crippen LogP contribution in [0.5, 0.6) is 0 Å². The Kier molecular flexibility index (Phi) is 7.54. The van der Waals surface area contributed by atoms with Gasteiger partial charge in [0.15, 0.2) is 0 Å². The molecule has 1 rings (SSSR count). The van der Waals surface area contributed by atoms with Gasteiger partial charge in [-0.1, -0.05) is 13.3 Å². The maximum absolute atomic E-state index is 11.9. The van der Waals surface area contributed by atoms with E-state index in [0.29, 0.717) is 39.3 Å². The second kappa shape index (κ2) is 8.92. The Labute approximate surface area is 120 Å². The van der Waals surface area contributed by atoms with Gasteiger partial charge in [0.2, 0.25) is 5.91 Å². The molecule has 0 aromatic carbocycles. The summed E-state index contributed by atoms with van der Waals surface area (Å²) in [5, 5.41) is 12.0. The molecular weight excluding hydrogens is 260 g/mol. The molecule has 1 fully saturated rings. The fraction of sp³-hybridized carbons (Fsp3) is 0.857. The van der Waals surface area contributed by atoms with Crippen LogP contribution in [0.4, 0.5) is 0 Å². The van der Waals surface area contributed by atoms with E-state index in [0.717, 1.165) is 12.8 Å². The minimum atomic E-state index is -0.742. The summed E-state index contributed by atoms with van der Waals surface area (Å²) in [7, 11) is 0. The van der Waals surface area contributed by atoms with E-state index in [9.17, 15) is 9.59 Å². The predicted octanol–water partition coefficient (Wildman–Crippen LogP) is 0.714. The number of ether oxygens (including phenoxy) is 1. The minimum absolute atomic E-state index is 0.110. The number of hydrogen-bond donors (Lipinski definition) is 2. The van der Waals surface area contributed by atoms with Crippen LogP contribution in [0.15, 0.2) is 0 Å². The third-order valence-electron chi connectivity index (χ3n) is 3.66. The van der Waals surface area contributed by atoms with Crippen molar-refractivity contribution in [1.29, 1.82) is 0 Å². The summed E-state index contributed by atoms with van der Waals surface area (Å²) < 4.78 is 5.21. The second-order valence-corrected chi connectivity index (χ2v) is 5.45. The summed E-state index contributed by atoms with van der Waals surface area (Å²) in [6.07, 6.45) is 2.42. The molecule has 2 N–H and O–H groups in total. The fourth-order valence-electron chi connectivity index (χ4n) is 2.14. The monoisotopic (exact) mass is 286 g/mol. The van der Waals surface area contributed by atoms with E-state index in [1.165, 1.54) is 0 Å². The molecule has 0 aromatic heterocycles. The SMILES string of the molecule is CC(CCCC(C)C(=O)O)NCC(=O)N1CCOCC1.